The second-order valence-electron chi connectivity index (χ2n) is 10.4. The highest BCUT2D eigenvalue weighted by atomic mass is 32.1. The van der Waals surface area contributed by atoms with E-state index in [9.17, 15) is 24.6 Å². The van der Waals surface area contributed by atoms with Crippen molar-refractivity contribution in [2.75, 3.05) is 13.1 Å². The van der Waals surface area contributed by atoms with Crippen molar-refractivity contribution in [1.82, 2.24) is 15.2 Å². The van der Waals surface area contributed by atoms with Gasteiger partial charge in [0.2, 0.25) is 5.91 Å². The molecule has 0 aliphatic carbocycles. The molecule has 1 saturated heterocycles. The van der Waals surface area contributed by atoms with Gasteiger partial charge in [-0.3, -0.25) is 9.59 Å². The van der Waals surface area contributed by atoms with Crippen molar-refractivity contribution in [1.29, 1.82) is 0 Å². The summed E-state index contributed by atoms with van der Waals surface area (Å²) in [6.07, 6.45) is 7.73. The number of rotatable bonds is 1. The summed E-state index contributed by atoms with van der Waals surface area (Å²) in [4.78, 5) is 44.7. The van der Waals surface area contributed by atoms with Crippen LogP contribution in [0.2, 0.25) is 0 Å². The molecule has 0 unspecified atom stereocenters. The van der Waals surface area contributed by atoms with Crippen LogP contribution < -0.4 is 5.32 Å². The standard InChI is InChI=1S/C28H39N3O6S/c1-17(2)26-19(4)9-10-24(34)29-11-5-7-18(3)13-20(32)14-21(33)15-25-30-22(16-38-25)27(35)31-12-6-8-23(31)28(36)37-26/h5,7,9-10,13,16-17,19-21,23,26,32-33H,6,8,11-12,14-15H2,1-4H3,(H,29,34)/b7-5+,10-9+,18-13+/t19-,20-,21-,23-,26-/m1/s1. The van der Waals surface area contributed by atoms with Gasteiger partial charge in [0.05, 0.1) is 17.2 Å². The van der Waals surface area contributed by atoms with Crippen LogP contribution in [0.3, 0.4) is 0 Å². The molecule has 0 radical (unpaired) electrons. The van der Waals surface area contributed by atoms with E-state index in [2.05, 4.69) is 10.3 Å². The van der Waals surface area contributed by atoms with Crippen LogP contribution in [0.25, 0.3) is 0 Å². The minimum Gasteiger partial charge on any atom is -0.460 e. The fraction of sp³-hybridized carbons (Fsp3) is 0.571. The Bertz CT molecular complexity index is 1080. The average molecular weight is 546 g/mol. The number of esters is 1. The number of aromatic nitrogens is 1. The summed E-state index contributed by atoms with van der Waals surface area (Å²) in [5.74, 6) is -1.27. The largest absolute Gasteiger partial charge is 0.460 e. The van der Waals surface area contributed by atoms with Crippen LogP contribution in [0.5, 0.6) is 0 Å². The van der Waals surface area contributed by atoms with Gasteiger partial charge in [-0.15, -0.1) is 11.3 Å². The van der Waals surface area contributed by atoms with Crippen LogP contribution in [0.4, 0.5) is 0 Å². The zero-order chi connectivity index (χ0) is 27.8. The summed E-state index contributed by atoms with van der Waals surface area (Å²) in [5.41, 5.74) is 1.03. The number of amides is 2. The molecule has 0 aromatic carbocycles. The second-order valence-corrected chi connectivity index (χ2v) is 11.3. The Kier molecular flexibility index (Phi) is 10.8. The molecule has 5 atom stereocenters. The maximum Gasteiger partial charge on any atom is 0.329 e. The predicted molar refractivity (Wildman–Crippen MR) is 145 cm³/mol. The SMILES string of the molecule is CC1=C\[C@@H](O)C[C@@H](O)Cc2nc(cs2)C(=O)N2CCC[C@@H]2C(=O)O[C@H](C(C)C)[C@H](C)/C=C/C(=O)NC\C=C\1. The topological polar surface area (TPSA) is 129 Å². The van der Waals surface area contributed by atoms with Gasteiger partial charge in [0.15, 0.2) is 0 Å². The lowest BCUT2D eigenvalue weighted by atomic mass is 9.94. The number of fused-ring (bicyclic) bond motifs is 3. The molecule has 38 heavy (non-hydrogen) atoms. The Labute approximate surface area is 228 Å². The molecule has 1 aromatic heterocycles. The van der Waals surface area contributed by atoms with E-state index in [0.29, 0.717) is 30.9 Å². The summed E-state index contributed by atoms with van der Waals surface area (Å²) >= 11 is 1.27. The first-order valence-electron chi connectivity index (χ1n) is 13.2. The van der Waals surface area contributed by atoms with E-state index in [0.717, 1.165) is 5.57 Å². The maximum atomic E-state index is 13.3. The number of carbonyl (C=O) groups excluding carboxylic acids is 3. The number of hydrogen-bond acceptors (Lipinski definition) is 8. The van der Waals surface area contributed by atoms with Gasteiger partial charge >= 0.3 is 5.97 Å². The lowest BCUT2D eigenvalue weighted by Gasteiger charge is -2.29. The van der Waals surface area contributed by atoms with Gasteiger partial charge < -0.3 is 25.2 Å². The van der Waals surface area contributed by atoms with Gasteiger partial charge in [-0.2, -0.15) is 0 Å². The minimum atomic E-state index is -0.860. The van der Waals surface area contributed by atoms with Crippen LogP contribution in [0, 0.1) is 11.8 Å². The van der Waals surface area contributed by atoms with Crippen molar-refractivity contribution in [2.24, 2.45) is 11.8 Å². The summed E-state index contributed by atoms with van der Waals surface area (Å²) in [7, 11) is 0. The third kappa shape index (κ3) is 8.34. The van der Waals surface area contributed by atoms with Gasteiger partial charge in [-0.1, -0.05) is 50.6 Å². The number of nitrogens with one attached hydrogen (secondary N) is 1. The van der Waals surface area contributed by atoms with Crippen molar-refractivity contribution in [3.63, 3.8) is 0 Å². The Morgan fingerprint density at radius 1 is 1.21 bits per heavy atom. The van der Waals surface area contributed by atoms with E-state index in [1.165, 1.54) is 22.3 Å². The van der Waals surface area contributed by atoms with Gasteiger partial charge in [-0.05, 0) is 31.8 Å². The Balaban J connectivity index is 1.85. The van der Waals surface area contributed by atoms with Gasteiger partial charge in [-0.25, -0.2) is 9.78 Å². The summed E-state index contributed by atoms with van der Waals surface area (Å²) in [6, 6.07) is -0.697. The lowest BCUT2D eigenvalue weighted by molar-refractivity contribution is -0.158. The molecule has 3 heterocycles. The van der Waals surface area contributed by atoms with Crippen LogP contribution in [0.15, 0.2) is 41.3 Å². The molecule has 2 aliphatic heterocycles. The summed E-state index contributed by atoms with van der Waals surface area (Å²) in [5, 5.41) is 25.8. The molecule has 3 N–H and O–H groups in total. The van der Waals surface area contributed by atoms with Crippen LogP contribution >= 0.6 is 11.3 Å². The first kappa shape index (κ1) is 29.7. The fourth-order valence-corrected chi connectivity index (χ4v) is 5.61. The third-order valence-electron chi connectivity index (χ3n) is 6.69. The first-order valence-corrected chi connectivity index (χ1v) is 14.1. The molecule has 3 rings (SSSR count). The molecular weight excluding hydrogens is 506 g/mol. The highest BCUT2D eigenvalue weighted by molar-refractivity contribution is 7.09. The molecule has 9 nitrogen and oxygen atoms in total. The van der Waals surface area contributed by atoms with Crippen molar-refractivity contribution in [2.45, 2.75) is 77.7 Å². The quantitative estimate of drug-likeness (QED) is 0.463. The van der Waals surface area contributed by atoms with Crippen molar-refractivity contribution in [3.05, 3.63) is 52.0 Å². The molecule has 2 aliphatic rings. The lowest BCUT2D eigenvalue weighted by Crippen LogP contribution is -2.44. The Morgan fingerprint density at radius 3 is 2.71 bits per heavy atom. The van der Waals surface area contributed by atoms with Crippen LogP contribution in [-0.4, -0.2) is 75.3 Å². The minimum absolute atomic E-state index is 0.00210. The van der Waals surface area contributed by atoms with E-state index in [1.54, 1.807) is 29.7 Å². The van der Waals surface area contributed by atoms with Gasteiger partial charge in [0.25, 0.3) is 5.91 Å². The first-order chi connectivity index (χ1) is 18.0. The zero-order valence-electron chi connectivity index (χ0n) is 22.5. The molecule has 208 valence electrons. The number of ether oxygens (including phenoxy) is 1. The Hall–Kier alpha value is -2.82. The molecule has 1 aromatic rings. The molecular formula is C28H39N3O6S. The van der Waals surface area contributed by atoms with E-state index in [1.807, 2.05) is 27.7 Å². The van der Waals surface area contributed by atoms with Crippen molar-refractivity contribution in [3.8, 4) is 0 Å². The third-order valence-corrected chi connectivity index (χ3v) is 7.56. The number of cyclic esters (lactones) is 1. The highest BCUT2D eigenvalue weighted by Gasteiger charge is 2.38. The van der Waals surface area contributed by atoms with E-state index < -0.39 is 30.3 Å². The molecule has 10 heteroatoms. The smallest absolute Gasteiger partial charge is 0.329 e. The van der Waals surface area contributed by atoms with E-state index in [4.69, 9.17) is 4.74 Å². The maximum absolute atomic E-state index is 13.3. The summed E-state index contributed by atoms with van der Waals surface area (Å²) < 4.78 is 5.91. The van der Waals surface area contributed by atoms with Gasteiger partial charge in [0, 0.05) is 37.2 Å². The normalized spacial score (nSPS) is 31.7. The zero-order valence-corrected chi connectivity index (χ0v) is 23.3. The number of thiazole rings is 1. The van der Waals surface area contributed by atoms with Crippen LogP contribution in [-0.2, 0) is 20.7 Å². The number of allylic oxidation sites excluding steroid dienone is 2. The van der Waals surface area contributed by atoms with Crippen molar-refractivity contribution >= 4 is 29.1 Å². The molecule has 0 saturated carbocycles. The van der Waals surface area contributed by atoms with Crippen LogP contribution in [0.1, 0.15) is 62.5 Å². The average Bonchev–Trinajstić information content (AvgIpc) is 3.52. The number of carbonyl (C=O) groups is 3. The van der Waals surface area contributed by atoms with Crippen molar-refractivity contribution < 1.29 is 29.3 Å². The molecule has 0 spiro atoms. The van der Waals surface area contributed by atoms with Gasteiger partial charge in [0.1, 0.15) is 17.8 Å². The number of hydrogen-bond donors (Lipinski definition) is 3. The Morgan fingerprint density at radius 2 is 1.97 bits per heavy atom. The van der Waals surface area contributed by atoms with E-state index in [-0.39, 0.29) is 42.2 Å². The number of nitrogens with zero attached hydrogens (tertiary/aromatic N) is 2. The number of aliphatic hydroxyl groups is 2. The number of aliphatic hydroxyl groups excluding tert-OH is 2. The molecule has 2 bridgehead atoms. The predicted octanol–water partition coefficient (Wildman–Crippen LogP) is 2.79. The molecule has 1 fully saturated rings. The monoisotopic (exact) mass is 545 g/mol. The second kappa shape index (κ2) is 13.8. The highest BCUT2D eigenvalue weighted by Crippen LogP contribution is 2.26. The molecule has 2 amide bonds. The summed E-state index contributed by atoms with van der Waals surface area (Å²) in [6.45, 7) is 8.37. The fourth-order valence-electron chi connectivity index (χ4n) is 4.77. The van der Waals surface area contributed by atoms with E-state index >= 15 is 0 Å².